The van der Waals surface area contributed by atoms with Gasteiger partial charge in [0.05, 0.1) is 6.61 Å². The summed E-state index contributed by atoms with van der Waals surface area (Å²) in [5.41, 5.74) is 1.04. The molecular formula is C21H30N4O2S. The number of rotatable bonds is 9. The summed E-state index contributed by atoms with van der Waals surface area (Å²) in [6, 6.07) is 11.4. The zero-order chi connectivity index (χ0) is 20.4. The molecule has 0 saturated heterocycles. The Labute approximate surface area is 172 Å². The minimum Gasteiger partial charge on any atom is -0.490 e. The van der Waals surface area contributed by atoms with Crippen LogP contribution in [0, 0.1) is 0 Å². The molecule has 28 heavy (non-hydrogen) atoms. The quantitative estimate of drug-likeness (QED) is 0.487. The number of pyridine rings is 1. The Hall–Kier alpha value is -2.41. The molecule has 0 aliphatic heterocycles. The van der Waals surface area contributed by atoms with Crippen molar-refractivity contribution in [3.63, 3.8) is 0 Å². The number of aromatic nitrogens is 1. The summed E-state index contributed by atoms with van der Waals surface area (Å²) in [5, 5.41) is 6.66. The molecular weight excluding hydrogens is 372 g/mol. The molecule has 0 fully saturated rings. The fraction of sp³-hybridized carbons (Fsp3) is 0.429. The van der Waals surface area contributed by atoms with Gasteiger partial charge in [-0.1, -0.05) is 18.2 Å². The van der Waals surface area contributed by atoms with E-state index in [1.54, 1.807) is 13.2 Å². The van der Waals surface area contributed by atoms with Crippen LogP contribution in [0.4, 0.5) is 0 Å². The molecule has 6 nitrogen and oxygen atoms in total. The summed E-state index contributed by atoms with van der Waals surface area (Å²) < 4.78 is 11.6. The van der Waals surface area contributed by atoms with Crippen LogP contribution in [0.15, 0.2) is 47.6 Å². The minimum atomic E-state index is 0.149. The summed E-state index contributed by atoms with van der Waals surface area (Å²) in [5.74, 6) is 2.66. The second kappa shape index (κ2) is 10.8. The highest BCUT2D eigenvalue weighted by Crippen LogP contribution is 2.30. The number of hydrogen-bond donors (Lipinski definition) is 2. The van der Waals surface area contributed by atoms with Gasteiger partial charge < -0.3 is 20.1 Å². The molecule has 2 rings (SSSR count). The number of para-hydroxylation sites is 2. The van der Waals surface area contributed by atoms with Gasteiger partial charge >= 0.3 is 0 Å². The lowest BCUT2D eigenvalue weighted by molar-refractivity contribution is 0.319. The zero-order valence-electron chi connectivity index (χ0n) is 17.3. The van der Waals surface area contributed by atoms with Gasteiger partial charge in [-0.3, -0.25) is 4.99 Å². The number of thioether (sulfide) groups is 1. The molecule has 0 atom stereocenters. The first kappa shape index (κ1) is 21.9. The number of nitrogens with one attached hydrogen (secondary N) is 2. The van der Waals surface area contributed by atoms with E-state index in [0.29, 0.717) is 30.5 Å². The third-order valence-corrected chi connectivity index (χ3v) is 5.33. The normalized spacial score (nSPS) is 11.8. The average Bonchev–Trinajstić information content (AvgIpc) is 2.71. The summed E-state index contributed by atoms with van der Waals surface area (Å²) in [6.07, 6.45) is 3.91. The highest BCUT2D eigenvalue weighted by molar-refractivity contribution is 7.99. The van der Waals surface area contributed by atoms with Crippen LogP contribution in [0.5, 0.6) is 17.4 Å². The van der Waals surface area contributed by atoms with Crippen LogP contribution in [0.3, 0.4) is 0 Å². The Bertz CT molecular complexity index is 763. The SMILES string of the molecule is CCOc1ccccc1Oc1ccc(CNC(=NC)NCC(C)(C)SC)cn1. The monoisotopic (exact) mass is 402 g/mol. The molecule has 0 radical (unpaired) electrons. The highest BCUT2D eigenvalue weighted by atomic mass is 32.2. The van der Waals surface area contributed by atoms with Gasteiger partial charge in [-0.15, -0.1) is 0 Å². The lowest BCUT2D eigenvalue weighted by atomic mass is 10.2. The highest BCUT2D eigenvalue weighted by Gasteiger charge is 2.16. The van der Waals surface area contributed by atoms with Crippen LogP contribution >= 0.6 is 11.8 Å². The molecule has 0 amide bonds. The number of ether oxygens (including phenoxy) is 2. The van der Waals surface area contributed by atoms with Crippen molar-refractivity contribution in [2.75, 3.05) is 26.5 Å². The molecule has 0 bridgehead atoms. The maximum atomic E-state index is 5.86. The van der Waals surface area contributed by atoms with Gasteiger partial charge in [-0.25, -0.2) is 4.98 Å². The van der Waals surface area contributed by atoms with E-state index in [1.807, 2.05) is 55.1 Å². The van der Waals surface area contributed by atoms with Gasteiger partial charge in [-0.05, 0) is 44.7 Å². The Morgan fingerprint density at radius 3 is 2.50 bits per heavy atom. The smallest absolute Gasteiger partial charge is 0.219 e. The molecule has 0 spiro atoms. The van der Waals surface area contributed by atoms with Gasteiger partial charge in [0.25, 0.3) is 0 Å². The predicted octanol–water partition coefficient (Wildman–Crippen LogP) is 4.08. The van der Waals surface area contributed by atoms with Crippen LogP contribution in [0.25, 0.3) is 0 Å². The Kier molecular flexibility index (Phi) is 8.44. The van der Waals surface area contributed by atoms with Crippen LogP contribution in [-0.4, -0.2) is 42.1 Å². The topological polar surface area (TPSA) is 67.8 Å². The first-order chi connectivity index (χ1) is 13.5. The summed E-state index contributed by atoms with van der Waals surface area (Å²) in [6.45, 7) is 8.39. The molecule has 0 unspecified atom stereocenters. The molecule has 2 N–H and O–H groups in total. The number of hydrogen-bond acceptors (Lipinski definition) is 5. The van der Waals surface area contributed by atoms with Crippen LogP contribution in [0.1, 0.15) is 26.3 Å². The lowest BCUT2D eigenvalue weighted by Gasteiger charge is -2.23. The molecule has 2 aromatic rings. The maximum absolute atomic E-state index is 5.86. The van der Waals surface area contributed by atoms with E-state index in [2.05, 4.69) is 40.7 Å². The number of guanidine groups is 1. The van der Waals surface area contributed by atoms with E-state index >= 15 is 0 Å². The largest absolute Gasteiger partial charge is 0.490 e. The van der Waals surface area contributed by atoms with Gasteiger partial charge in [0.15, 0.2) is 17.5 Å². The number of aliphatic imine (C=N–C) groups is 1. The van der Waals surface area contributed by atoms with Gasteiger partial charge in [0.1, 0.15) is 0 Å². The summed E-state index contributed by atoms with van der Waals surface area (Å²) >= 11 is 1.82. The summed E-state index contributed by atoms with van der Waals surface area (Å²) in [7, 11) is 1.77. The molecule has 152 valence electrons. The van der Waals surface area contributed by atoms with E-state index in [-0.39, 0.29) is 4.75 Å². The molecule has 1 aromatic heterocycles. The minimum absolute atomic E-state index is 0.149. The first-order valence-electron chi connectivity index (χ1n) is 9.31. The van der Waals surface area contributed by atoms with E-state index in [4.69, 9.17) is 9.47 Å². The fourth-order valence-electron chi connectivity index (χ4n) is 2.27. The van der Waals surface area contributed by atoms with Crippen molar-refractivity contribution in [3.8, 4) is 17.4 Å². The standard InChI is InChI=1S/C21H30N4O2S/c1-6-26-17-9-7-8-10-18(17)27-19-12-11-16(13-23-19)14-24-20(22-4)25-15-21(2,3)28-5/h7-13H,6,14-15H2,1-5H3,(H2,22,24,25). The van der Waals surface area contributed by atoms with Gasteiger partial charge in [0.2, 0.25) is 5.88 Å². The van der Waals surface area contributed by atoms with Crippen molar-refractivity contribution in [1.29, 1.82) is 0 Å². The Morgan fingerprint density at radius 1 is 1.14 bits per heavy atom. The van der Waals surface area contributed by atoms with Crippen molar-refractivity contribution in [2.24, 2.45) is 4.99 Å². The van der Waals surface area contributed by atoms with Crippen molar-refractivity contribution in [2.45, 2.75) is 32.1 Å². The van der Waals surface area contributed by atoms with Crippen LogP contribution in [-0.2, 0) is 6.54 Å². The van der Waals surface area contributed by atoms with E-state index in [1.165, 1.54) is 0 Å². The lowest BCUT2D eigenvalue weighted by Crippen LogP contribution is -2.42. The molecule has 0 aliphatic rings. The Morgan fingerprint density at radius 2 is 1.89 bits per heavy atom. The predicted molar refractivity (Wildman–Crippen MR) is 118 cm³/mol. The van der Waals surface area contributed by atoms with Crippen molar-refractivity contribution in [1.82, 2.24) is 15.6 Å². The molecule has 0 saturated carbocycles. The van der Waals surface area contributed by atoms with E-state index in [9.17, 15) is 0 Å². The average molecular weight is 403 g/mol. The maximum Gasteiger partial charge on any atom is 0.219 e. The molecule has 1 aromatic carbocycles. The molecule has 1 heterocycles. The van der Waals surface area contributed by atoms with Crippen LogP contribution < -0.4 is 20.1 Å². The third-order valence-electron chi connectivity index (χ3n) is 4.08. The van der Waals surface area contributed by atoms with Gasteiger partial charge in [-0.2, -0.15) is 11.8 Å². The van der Waals surface area contributed by atoms with Gasteiger partial charge in [0, 0.05) is 37.1 Å². The van der Waals surface area contributed by atoms with Crippen molar-refractivity contribution in [3.05, 3.63) is 48.2 Å². The van der Waals surface area contributed by atoms with E-state index < -0.39 is 0 Å². The van der Waals surface area contributed by atoms with Crippen molar-refractivity contribution < 1.29 is 9.47 Å². The zero-order valence-corrected chi connectivity index (χ0v) is 18.1. The second-order valence-corrected chi connectivity index (χ2v) is 8.24. The number of nitrogens with zero attached hydrogens (tertiary/aromatic N) is 2. The fourth-order valence-corrected chi connectivity index (χ4v) is 2.49. The first-order valence-corrected chi connectivity index (χ1v) is 10.5. The second-order valence-electron chi connectivity index (χ2n) is 6.73. The summed E-state index contributed by atoms with van der Waals surface area (Å²) in [4.78, 5) is 8.66. The molecule has 7 heteroatoms. The Balaban J connectivity index is 1.90. The van der Waals surface area contributed by atoms with Crippen LogP contribution in [0.2, 0.25) is 0 Å². The number of benzene rings is 1. The third kappa shape index (κ3) is 6.96. The molecule has 0 aliphatic carbocycles. The van der Waals surface area contributed by atoms with E-state index in [0.717, 1.165) is 18.1 Å². The van der Waals surface area contributed by atoms with Crippen molar-refractivity contribution >= 4 is 17.7 Å².